The molecule has 2 atom stereocenters. The number of pyridine rings is 1. The van der Waals surface area contributed by atoms with E-state index >= 15 is 0 Å². The van der Waals surface area contributed by atoms with Gasteiger partial charge in [0.1, 0.15) is 0 Å². The molecular weight excluding hydrogens is 400 g/mol. The van der Waals surface area contributed by atoms with E-state index in [-0.39, 0.29) is 6.04 Å². The Labute approximate surface area is 178 Å². The van der Waals surface area contributed by atoms with Gasteiger partial charge < -0.3 is 10.4 Å². The van der Waals surface area contributed by atoms with Crippen molar-refractivity contribution in [1.82, 2.24) is 19.4 Å². The van der Waals surface area contributed by atoms with E-state index < -0.39 is 5.60 Å². The van der Waals surface area contributed by atoms with Crippen LogP contribution in [0.15, 0.2) is 66.0 Å². The third-order valence-electron chi connectivity index (χ3n) is 4.88. The van der Waals surface area contributed by atoms with Crippen molar-refractivity contribution in [2.75, 3.05) is 13.1 Å². The van der Waals surface area contributed by atoms with Gasteiger partial charge in [-0.05, 0) is 78.6 Å². The summed E-state index contributed by atoms with van der Waals surface area (Å²) in [6.45, 7) is 5.21. The molecule has 2 unspecified atom stereocenters. The fourth-order valence-corrected chi connectivity index (χ4v) is 4.55. The van der Waals surface area contributed by atoms with Gasteiger partial charge in [-0.3, -0.25) is 9.71 Å². The number of aliphatic hydroxyl groups is 1. The lowest BCUT2D eigenvalue weighted by atomic mass is 9.95. The van der Waals surface area contributed by atoms with Crippen molar-refractivity contribution in [3.63, 3.8) is 0 Å². The highest BCUT2D eigenvalue weighted by molar-refractivity contribution is 7.97. The number of aromatic nitrogens is 2. The molecule has 5 nitrogen and oxygen atoms in total. The molecule has 0 bridgehead atoms. The first-order chi connectivity index (χ1) is 14.0. The van der Waals surface area contributed by atoms with E-state index in [0.29, 0.717) is 6.54 Å². The van der Waals surface area contributed by atoms with Crippen LogP contribution in [-0.2, 0) is 5.60 Å². The predicted molar refractivity (Wildman–Crippen MR) is 122 cm³/mol. The zero-order chi connectivity index (χ0) is 20.3. The van der Waals surface area contributed by atoms with E-state index in [4.69, 9.17) is 0 Å². The van der Waals surface area contributed by atoms with Gasteiger partial charge in [-0.15, -0.1) is 0 Å². The Kier molecular flexibility index (Phi) is 6.12. The SMILES string of the molecule is CC(CNCC(C)(O)c1ccc2sncc2c1)NSc1ccc2cnccc2c1. The highest BCUT2D eigenvalue weighted by Crippen LogP contribution is 2.26. The highest BCUT2D eigenvalue weighted by atomic mass is 32.2. The molecule has 0 aliphatic carbocycles. The highest BCUT2D eigenvalue weighted by Gasteiger charge is 2.23. The first-order valence-electron chi connectivity index (χ1n) is 9.55. The van der Waals surface area contributed by atoms with E-state index in [0.717, 1.165) is 27.6 Å². The maximum atomic E-state index is 10.9. The molecule has 7 heteroatoms. The summed E-state index contributed by atoms with van der Waals surface area (Å²) in [6, 6.07) is 14.6. The molecule has 2 aromatic carbocycles. The number of nitrogens with zero attached hydrogens (tertiary/aromatic N) is 2. The van der Waals surface area contributed by atoms with Crippen molar-refractivity contribution >= 4 is 44.3 Å². The molecule has 2 aromatic heterocycles. The summed E-state index contributed by atoms with van der Waals surface area (Å²) in [5, 5.41) is 17.7. The lowest BCUT2D eigenvalue weighted by Crippen LogP contribution is -2.40. The topological polar surface area (TPSA) is 70.1 Å². The third kappa shape index (κ3) is 4.94. The van der Waals surface area contributed by atoms with Crippen LogP contribution in [-0.4, -0.2) is 33.6 Å². The molecule has 0 amide bonds. The normalized spacial score (nSPS) is 14.9. The van der Waals surface area contributed by atoms with Crippen molar-refractivity contribution in [2.24, 2.45) is 0 Å². The third-order valence-corrected chi connectivity index (χ3v) is 6.67. The van der Waals surface area contributed by atoms with Crippen LogP contribution in [0.25, 0.3) is 20.9 Å². The Bertz CT molecular complexity index is 1110. The molecule has 150 valence electrons. The summed E-state index contributed by atoms with van der Waals surface area (Å²) in [7, 11) is 0. The average Bonchev–Trinajstić information content (AvgIpc) is 3.20. The van der Waals surface area contributed by atoms with E-state index in [2.05, 4.69) is 44.5 Å². The van der Waals surface area contributed by atoms with Gasteiger partial charge in [0.25, 0.3) is 0 Å². The Morgan fingerprint density at radius 2 is 2.00 bits per heavy atom. The molecule has 0 spiro atoms. The number of benzene rings is 2. The summed E-state index contributed by atoms with van der Waals surface area (Å²) >= 11 is 3.09. The summed E-state index contributed by atoms with van der Waals surface area (Å²) in [5.74, 6) is 0. The molecule has 0 radical (unpaired) electrons. The lowest BCUT2D eigenvalue weighted by molar-refractivity contribution is 0.0570. The minimum Gasteiger partial charge on any atom is -0.384 e. The summed E-state index contributed by atoms with van der Waals surface area (Å²) in [5.41, 5.74) is -0.0339. The van der Waals surface area contributed by atoms with Gasteiger partial charge in [0.15, 0.2) is 0 Å². The monoisotopic (exact) mass is 424 g/mol. The molecule has 0 aliphatic rings. The van der Waals surface area contributed by atoms with Crippen LogP contribution in [0.1, 0.15) is 19.4 Å². The van der Waals surface area contributed by atoms with Gasteiger partial charge >= 0.3 is 0 Å². The first kappa shape index (κ1) is 20.3. The maximum absolute atomic E-state index is 10.9. The summed E-state index contributed by atoms with van der Waals surface area (Å²) in [4.78, 5) is 5.32. The van der Waals surface area contributed by atoms with Gasteiger partial charge in [-0.1, -0.05) is 12.1 Å². The first-order valence-corrected chi connectivity index (χ1v) is 11.1. The predicted octanol–water partition coefficient (Wildman–Crippen LogP) is 4.33. The second kappa shape index (κ2) is 8.77. The van der Waals surface area contributed by atoms with Crippen LogP contribution in [0, 0.1) is 0 Å². The van der Waals surface area contributed by atoms with Crippen LogP contribution in [0.3, 0.4) is 0 Å². The van der Waals surface area contributed by atoms with Crippen molar-refractivity contribution in [1.29, 1.82) is 0 Å². The van der Waals surface area contributed by atoms with Gasteiger partial charge in [0.05, 0.1) is 10.3 Å². The molecule has 0 saturated carbocycles. The number of hydrogen-bond acceptors (Lipinski definition) is 7. The maximum Gasteiger partial charge on any atom is 0.0992 e. The van der Waals surface area contributed by atoms with E-state index in [1.54, 1.807) is 11.9 Å². The molecule has 0 aliphatic heterocycles. The smallest absolute Gasteiger partial charge is 0.0992 e. The second-order valence-electron chi connectivity index (χ2n) is 7.49. The standard InChI is InChI=1S/C22H24N4OS2/c1-15(26-28-20-5-3-17-12-23-8-7-16(17)10-20)11-24-14-22(2,27)19-4-6-21-18(9-19)13-25-29-21/h3-10,12-13,15,24,26-27H,11,14H2,1-2H3. The fraction of sp³-hybridized carbons (Fsp3) is 0.273. The quantitative estimate of drug-likeness (QED) is 0.366. The largest absolute Gasteiger partial charge is 0.384 e. The second-order valence-corrected chi connectivity index (χ2v) is 9.23. The summed E-state index contributed by atoms with van der Waals surface area (Å²) in [6.07, 6.45) is 5.54. The zero-order valence-corrected chi connectivity index (χ0v) is 18.1. The van der Waals surface area contributed by atoms with Gasteiger partial charge in [-0.2, -0.15) is 4.37 Å². The minimum absolute atomic E-state index is 0.243. The van der Waals surface area contributed by atoms with Crippen LogP contribution < -0.4 is 10.0 Å². The Morgan fingerprint density at radius 1 is 1.10 bits per heavy atom. The number of rotatable bonds is 8. The van der Waals surface area contributed by atoms with Crippen molar-refractivity contribution < 1.29 is 5.11 Å². The van der Waals surface area contributed by atoms with Gasteiger partial charge in [0, 0.05) is 53.4 Å². The lowest BCUT2D eigenvalue weighted by Gasteiger charge is -2.25. The Morgan fingerprint density at radius 3 is 2.90 bits per heavy atom. The van der Waals surface area contributed by atoms with Crippen LogP contribution >= 0.6 is 23.5 Å². The van der Waals surface area contributed by atoms with E-state index in [9.17, 15) is 5.11 Å². The number of fused-ring (bicyclic) bond motifs is 2. The van der Waals surface area contributed by atoms with E-state index in [1.807, 2.05) is 49.8 Å². The van der Waals surface area contributed by atoms with Gasteiger partial charge in [-0.25, -0.2) is 0 Å². The molecule has 4 aromatic rings. The Balaban J connectivity index is 1.27. The summed E-state index contributed by atoms with van der Waals surface area (Å²) < 4.78 is 8.80. The minimum atomic E-state index is -0.935. The van der Waals surface area contributed by atoms with E-state index in [1.165, 1.54) is 21.8 Å². The molecule has 3 N–H and O–H groups in total. The van der Waals surface area contributed by atoms with Gasteiger partial charge in [0.2, 0.25) is 0 Å². The van der Waals surface area contributed by atoms with Crippen molar-refractivity contribution in [2.45, 2.75) is 30.4 Å². The molecule has 0 saturated heterocycles. The molecular formula is C22H24N4OS2. The van der Waals surface area contributed by atoms with Crippen LogP contribution in [0.4, 0.5) is 0 Å². The fourth-order valence-electron chi connectivity index (χ4n) is 3.18. The van der Waals surface area contributed by atoms with Crippen molar-refractivity contribution in [3.8, 4) is 0 Å². The van der Waals surface area contributed by atoms with Crippen molar-refractivity contribution in [3.05, 3.63) is 66.6 Å². The Hall–Kier alpha value is -2.03. The van der Waals surface area contributed by atoms with Crippen LogP contribution in [0.5, 0.6) is 0 Å². The zero-order valence-electron chi connectivity index (χ0n) is 16.4. The molecule has 4 rings (SSSR count). The number of hydrogen-bond donors (Lipinski definition) is 3. The average molecular weight is 425 g/mol. The molecule has 29 heavy (non-hydrogen) atoms. The number of nitrogens with one attached hydrogen (secondary N) is 2. The molecule has 2 heterocycles. The molecule has 0 fully saturated rings. The van der Waals surface area contributed by atoms with Crippen LogP contribution in [0.2, 0.25) is 0 Å².